The van der Waals surface area contributed by atoms with Crippen LogP contribution in [0, 0.1) is 5.82 Å². The summed E-state index contributed by atoms with van der Waals surface area (Å²) in [7, 11) is 1.53. The summed E-state index contributed by atoms with van der Waals surface area (Å²) >= 11 is 6.00. The molecule has 1 N–H and O–H groups in total. The van der Waals surface area contributed by atoms with E-state index in [0.29, 0.717) is 29.2 Å². The fourth-order valence-electron chi connectivity index (χ4n) is 4.42. The van der Waals surface area contributed by atoms with Gasteiger partial charge < -0.3 is 14.6 Å². The standard InChI is InChI=1S/C29H27ClFNO5/c1-5-37-24-13-8-18(14-21(24)16(2)3)27(33)25-26(17-6-10-20(36-4)11-7-17)32(29(35)28(25)34)19-9-12-23(31)22(30)15-19/h6-16,26,33H,5H2,1-4H3/b27-25-. The molecule has 0 spiro atoms. The number of nitrogens with zero attached hydrogens (tertiary/aromatic N) is 1. The third kappa shape index (κ3) is 4.91. The number of methoxy groups -OCH3 is 1. The van der Waals surface area contributed by atoms with Crippen molar-refractivity contribution in [2.45, 2.75) is 32.7 Å². The molecule has 6 nitrogen and oxygen atoms in total. The second-order valence-corrected chi connectivity index (χ2v) is 9.29. The Bertz CT molecular complexity index is 1380. The van der Waals surface area contributed by atoms with E-state index in [2.05, 4.69) is 0 Å². The summed E-state index contributed by atoms with van der Waals surface area (Å²) in [6, 6.07) is 14.8. The molecule has 0 saturated carbocycles. The lowest BCUT2D eigenvalue weighted by Gasteiger charge is -2.26. The number of hydrogen-bond acceptors (Lipinski definition) is 5. The first-order chi connectivity index (χ1) is 17.7. The van der Waals surface area contributed by atoms with E-state index in [1.807, 2.05) is 20.8 Å². The summed E-state index contributed by atoms with van der Waals surface area (Å²) in [5.74, 6) is -1.35. The predicted octanol–water partition coefficient (Wildman–Crippen LogP) is 6.64. The van der Waals surface area contributed by atoms with E-state index in [-0.39, 0.29) is 28.0 Å². The molecule has 0 radical (unpaired) electrons. The second-order valence-electron chi connectivity index (χ2n) is 8.88. The van der Waals surface area contributed by atoms with E-state index >= 15 is 0 Å². The van der Waals surface area contributed by atoms with Crippen LogP contribution in [0.15, 0.2) is 66.2 Å². The number of anilines is 1. The summed E-state index contributed by atoms with van der Waals surface area (Å²) in [6.45, 7) is 6.36. The van der Waals surface area contributed by atoms with Gasteiger partial charge in [0.2, 0.25) is 0 Å². The fraction of sp³-hybridized carbons (Fsp3) is 0.241. The van der Waals surface area contributed by atoms with E-state index in [4.69, 9.17) is 21.1 Å². The molecule has 1 amide bonds. The SMILES string of the molecule is CCOc1ccc(/C(O)=C2/C(=O)C(=O)N(c3ccc(F)c(Cl)c3)C2c2ccc(OC)cc2)cc1C(C)C. The Kier molecular flexibility index (Phi) is 7.55. The van der Waals surface area contributed by atoms with E-state index < -0.39 is 23.5 Å². The normalized spacial score (nSPS) is 16.9. The maximum Gasteiger partial charge on any atom is 0.300 e. The van der Waals surface area contributed by atoms with Gasteiger partial charge in [0.25, 0.3) is 11.7 Å². The van der Waals surface area contributed by atoms with Crippen LogP contribution in [0.5, 0.6) is 11.5 Å². The van der Waals surface area contributed by atoms with E-state index in [9.17, 15) is 19.1 Å². The van der Waals surface area contributed by atoms with E-state index in [1.54, 1.807) is 42.5 Å². The van der Waals surface area contributed by atoms with Crippen LogP contribution in [0.4, 0.5) is 10.1 Å². The molecule has 3 aromatic rings. The van der Waals surface area contributed by atoms with Crippen LogP contribution in [0.1, 0.15) is 49.4 Å². The van der Waals surface area contributed by atoms with Gasteiger partial charge in [0, 0.05) is 11.3 Å². The molecular formula is C29H27ClFNO5. The number of carbonyl (C=O) groups excluding carboxylic acids is 2. The maximum absolute atomic E-state index is 13.9. The average molecular weight is 524 g/mol. The Morgan fingerprint density at radius 3 is 2.38 bits per heavy atom. The van der Waals surface area contributed by atoms with Crippen LogP contribution in [0.25, 0.3) is 5.76 Å². The van der Waals surface area contributed by atoms with E-state index in [0.717, 1.165) is 11.6 Å². The number of rotatable bonds is 7. The monoisotopic (exact) mass is 523 g/mol. The van der Waals surface area contributed by atoms with Gasteiger partial charge in [-0.3, -0.25) is 14.5 Å². The molecule has 1 unspecified atom stereocenters. The lowest BCUT2D eigenvalue weighted by molar-refractivity contribution is -0.132. The topological polar surface area (TPSA) is 76.1 Å². The van der Waals surface area contributed by atoms with Crippen molar-refractivity contribution in [2.24, 2.45) is 0 Å². The van der Waals surface area contributed by atoms with Crippen LogP contribution in [-0.4, -0.2) is 30.5 Å². The molecule has 1 atom stereocenters. The minimum Gasteiger partial charge on any atom is -0.507 e. The quantitative estimate of drug-likeness (QED) is 0.213. The molecule has 1 heterocycles. The van der Waals surface area contributed by atoms with Crippen molar-refractivity contribution < 1.29 is 28.6 Å². The minimum atomic E-state index is -0.985. The Labute approximate surface area is 219 Å². The number of benzene rings is 3. The highest BCUT2D eigenvalue weighted by atomic mass is 35.5. The fourth-order valence-corrected chi connectivity index (χ4v) is 4.60. The molecule has 37 heavy (non-hydrogen) atoms. The van der Waals surface area contributed by atoms with E-state index in [1.165, 1.54) is 24.1 Å². The molecule has 192 valence electrons. The van der Waals surface area contributed by atoms with Crippen molar-refractivity contribution in [3.05, 3.63) is 93.8 Å². The van der Waals surface area contributed by atoms with Gasteiger partial charge in [0.05, 0.1) is 30.4 Å². The number of amides is 1. The third-order valence-electron chi connectivity index (χ3n) is 6.26. The number of halogens is 2. The minimum absolute atomic E-state index is 0.0791. The first-order valence-electron chi connectivity index (χ1n) is 11.8. The highest BCUT2D eigenvalue weighted by Gasteiger charge is 2.47. The lowest BCUT2D eigenvalue weighted by Crippen LogP contribution is -2.29. The van der Waals surface area contributed by atoms with Crippen molar-refractivity contribution in [1.29, 1.82) is 0 Å². The van der Waals surface area contributed by atoms with Crippen molar-refractivity contribution in [1.82, 2.24) is 0 Å². The van der Waals surface area contributed by atoms with Gasteiger partial charge >= 0.3 is 0 Å². The highest BCUT2D eigenvalue weighted by Crippen LogP contribution is 2.43. The third-order valence-corrected chi connectivity index (χ3v) is 6.55. The van der Waals surface area contributed by atoms with Crippen LogP contribution in [-0.2, 0) is 9.59 Å². The Balaban J connectivity index is 1.93. The summed E-state index contributed by atoms with van der Waals surface area (Å²) in [5.41, 5.74) is 1.92. The first-order valence-corrected chi connectivity index (χ1v) is 12.2. The zero-order valence-corrected chi connectivity index (χ0v) is 21.7. The summed E-state index contributed by atoms with van der Waals surface area (Å²) in [4.78, 5) is 27.9. The molecule has 8 heteroatoms. The van der Waals surface area contributed by atoms with Gasteiger partial charge in [0.1, 0.15) is 23.1 Å². The lowest BCUT2D eigenvalue weighted by atomic mass is 9.93. The largest absolute Gasteiger partial charge is 0.507 e. The molecule has 1 aliphatic heterocycles. The van der Waals surface area contributed by atoms with Crippen molar-refractivity contribution in [2.75, 3.05) is 18.6 Å². The molecule has 4 rings (SSSR count). The molecule has 1 aliphatic rings. The van der Waals surface area contributed by atoms with Crippen molar-refractivity contribution in [3.63, 3.8) is 0 Å². The molecule has 0 aromatic heterocycles. The smallest absolute Gasteiger partial charge is 0.300 e. The first kappa shape index (κ1) is 26.2. The summed E-state index contributed by atoms with van der Waals surface area (Å²) < 4.78 is 24.9. The Hall–Kier alpha value is -3.84. The van der Waals surface area contributed by atoms with Gasteiger partial charge in [-0.25, -0.2) is 4.39 Å². The number of Topliss-reactive ketones (excluding diaryl/α,β-unsaturated/α-hetero) is 1. The Morgan fingerprint density at radius 1 is 1.08 bits per heavy atom. The van der Waals surface area contributed by atoms with Crippen molar-refractivity contribution in [3.8, 4) is 11.5 Å². The number of ketones is 1. The number of aliphatic hydroxyl groups is 1. The molecule has 1 fully saturated rings. The average Bonchev–Trinajstić information content (AvgIpc) is 3.15. The molecule has 1 saturated heterocycles. The number of hydrogen-bond donors (Lipinski definition) is 1. The summed E-state index contributed by atoms with van der Waals surface area (Å²) in [5, 5.41) is 11.3. The zero-order chi connectivity index (χ0) is 26.9. The van der Waals surface area contributed by atoms with Crippen LogP contribution in [0.3, 0.4) is 0 Å². The van der Waals surface area contributed by atoms with Gasteiger partial charge in [-0.05, 0) is 72.5 Å². The number of carbonyl (C=O) groups is 2. The molecule has 0 bridgehead atoms. The molecule has 3 aromatic carbocycles. The predicted molar refractivity (Wildman–Crippen MR) is 141 cm³/mol. The Morgan fingerprint density at radius 2 is 1.78 bits per heavy atom. The van der Waals surface area contributed by atoms with Gasteiger partial charge in [0.15, 0.2) is 0 Å². The number of ether oxygens (including phenoxy) is 2. The highest BCUT2D eigenvalue weighted by molar-refractivity contribution is 6.51. The molecular weight excluding hydrogens is 497 g/mol. The van der Waals surface area contributed by atoms with Crippen LogP contribution in [0.2, 0.25) is 5.02 Å². The summed E-state index contributed by atoms with van der Waals surface area (Å²) in [6.07, 6.45) is 0. The second kappa shape index (κ2) is 10.6. The number of aliphatic hydroxyl groups excluding tert-OH is 1. The van der Waals surface area contributed by atoms with Gasteiger partial charge in [-0.1, -0.05) is 37.6 Å². The van der Waals surface area contributed by atoms with Gasteiger partial charge in [-0.2, -0.15) is 0 Å². The molecule has 0 aliphatic carbocycles. The zero-order valence-electron chi connectivity index (χ0n) is 20.9. The van der Waals surface area contributed by atoms with Crippen molar-refractivity contribution >= 4 is 34.7 Å². The van der Waals surface area contributed by atoms with Crippen LogP contribution >= 0.6 is 11.6 Å². The maximum atomic E-state index is 13.9. The van der Waals surface area contributed by atoms with Gasteiger partial charge in [-0.15, -0.1) is 0 Å². The van der Waals surface area contributed by atoms with Crippen LogP contribution < -0.4 is 14.4 Å².